The maximum atomic E-state index is 12.8. The lowest BCUT2D eigenvalue weighted by molar-refractivity contribution is -0.150. The molecule has 25 heavy (non-hydrogen) atoms. The van der Waals surface area contributed by atoms with Crippen molar-refractivity contribution in [3.63, 3.8) is 0 Å². The van der Waals surface area contributed by atoms with Gasteiger partial charge in [-0.25, -0.2) is 4.79 Å². The summed E-state index contributed by atoms with van der Waals surface area (Å²) in [4.78, 5) is 17.1. The number of fused-ring (bicyclic) bond motifs is 2. The van der Waals surface area contributed by atoms with Crippen LogP contribution in [0.2, 0.25) is 0 Å². The lowest BCUT2D eigenvalue weighted by Gasteiger charge is -2.30. The second kappa shape index (κ2) is 6.10. The zero-order chi connectivity index (χ0) is 17.6. The highest BCUT2D eigenvalue weighted by atomic mass is 16.5. The molecule has 4 nitrogen and oxygen atoms in total. The molecule has 2 aromatic rings. The van der Waals surface area contributed by atoms with Gasteiger partial charge in [0.15, 0.2) is 0 Å². The summed E-state index contributed by atoms with van der Waals surface area (Å²) in [6.45, 7) is 2.01. The SMILES string of the molecule is CC(OC(=O)C1Cc2ccccc2N1C)C1Cc2ccccc2N1C. The van der Waals surface area contributed by atoms with E-state index >= 15 is 0 Å². The third-order valence-corrected chi connectivity index (χ3v) is 5.67. The number of hydrogen-bond donors (Lipinski definition) is 0. The van der Waals surface area contributed by atoms with Crippen molar-refractivity contribution in [2.75, 3.05) is 23.9 Å². The Hall–Kier alpha value is -2.49. The van der Waals surface area contributed by atoms with Crippen molar-refractivity contribution in [2.45, 2.75) is 38.0 Å². The van der Waals surface area contributed by atoms with Gasteiger partial charge in [-0.2, -0.15) is 0 Å². The van der Waals surface area contributed by atoms with Crippen LogP contribution in [-0.4, -0.2) is 38.3 Å². The number of likely N-dealkylation sites (N-methyl/N-ethyl adjacent to an activating group) is 2. The molecule has 0 radical (unpaired) electrons. The molecule has 4 heteroatoms. The molecule has 2 aliphatic rings. The van der Waals surface area contributed by atoms with Gasteiger partial charge in [-0.05, 0) is 36.6 Å². The van der Waals surface area contributed by atoms with E-state index in [1.807, 2.05) is 31.0 Å². The molecule has 0 amide bonds. The van der Waals surface area contributed by atoms with Crippen molar-refractivity contribution in [3.05, 3.63) is 59.7 Å². The first kappa shape index (κ1) is 16.0. The van der Waals surface area contributed by atoms with Crippen LogP contribution < -0.4 is 9.80 Å². The van der Waals surface area contributed by atoms with Crippen LogP contribution in [0, 0.1) is 0 Å². The molecule has 4 rings (SSSR count). The molecule has 0 bridgehead atoms. The third-order valence-electron chi connectivity index (χ3n) is 5.67. The van der Waals surface area contributed by atoms with Gasteiger partial charge in [-0.1, -0.05) is 36.4 Å². The Kier molecular flexibility index (Phi) is 3.91. The highest BCUT2D eigenvalue weighted by molar-refractivity contribution is 5.84. The Balaban J connectivity index is 1.44. The van der Waals surface area contributed by atoms with E-state index in [-0.39, 0.29) is 24.2 Å². The van der Waals surface area contributed by atoms with Crippen LogP contribution in [-0.2, 0) is 22.4 Å². The summed E-state index contributed by atoms with van der Waals surface area (Å²) in [5.41, 5.74) is 4.90. The predicted molar refractivity (Wildman–Crippen MR) is 100 cm³/mol. The first-order chi connectivity index (χ1) is 12.1. The number of hydrogen-bond acceptors (Lipinski definition) is 4. The smallest absolute Gasteiger partial charge is 0.329 e. The molecule has 0 aliphatic carbocycles. The minimum absolute atomic E-state index is 0.129. The van der Waals surface area contributed by atoms with Gasteiger partial charge in [-0.15, -0.1) is 0 Å². The fourth-order valence-corrected chi connectivity index (χ4v) is 4.17. The van der Waals surface area contributed by atoms with E-state index in [1.165, 1.54) is 16.8 Å². The average molecular weight is 336 g/mol. The lowest BCUT2D eigenvalue weighted by Crippen LogP contribution is -2.44. The Bertz CT molecular complexity index is 804. The van der Waals surface area contributed by atoms with Crippen LogP contribution in [0.25, 0.3) is 0 Å². The number of esters is 1. The highest BCUT2D eigenvalue weighted by Gasteiger charge is 2.37. The fraction of sp³-hybridized carbons (Fsp3) is 0.381. The molecule has 2 aliphatic heterocycles. The summed E-state index contributed by atoms with van der Waals surface area (Å²) < 4.78 is 5.90. The average Bonchev–Trinajstić information content (AvgIpc) is 3.14. The van der Waals surface area contributed by atoms with E-state index < -0.39 is 0 Å². The van der Waals surface area contributed by atoms with Gasteiger partial charge < -0.3 is 14.5 Å². The summed E-state index contributed by atoms with van der Waals surface area (Å²) in [5, 5.41) is 0. The minimum Gasteiger partial charge on any atom is -0.459 e. The summed E-state index contributed by atoms with van der Waals surface area (Å²) in [7, 11) is 4.05. The predicted octanol–water partition coefficient (Wildman–Crippen LogP) is 3.04. The van der Waals surface area contributed by atoms with E-state index in [9.17, 15) is 4.79 Å². The number of para-hydroxylation sites is 2. The van der Waals surface area contributed by atoms with Crippen molar-refractivity contribution in [1.82, 2.24) is 0 Å². The first-order valence-electron chi connectivity index (χ1n) is 8.88. The minimum atomic E-state index is -0.228. The molecule has 3 unspecified atom stereocenters. The van der Waals surface area contributed by atoms with Crippen molar-refractivity contribution < 1.29 is 9.53 Å². The zero-order valence-electron chi connectivity index (χ0n) is 15.0. The molecular formula is C21H24N2O2. The highest BCUT2D eigenvalue weighted by Crippen LogP contribution is 2.34. The standard InChI is InChI=1S/C21H24N2O2/c1-14(19-12-15-8-4-6-10-17(15)22(19)2)25-21(24)20-13-16-9-5-7-11-18(16)23(20)3/h4-11,14,19-20H,12-13H2,1-3H3. The van der Waals surface area contributed by atoms with E-state index in [1.54, 1.807) is 0 Å². The molecule has 0 spiro atoms. The first-order valence-corrected chi connectivity index (χ1v) is 8.88. The summed E-state index contributed by atoms with van der Waals surface area (Å²) in [6, 6.07) is 16.5. The number of ether oxygens (including phenoxy) is 1. The second-order valence-electron chi connectivity index (χ2n) is 7.11. The van der Waals surface area contributed by atoms with Crippen molar-refractivity contribution in [1.29, 1.82) is 0 Å². The number of anilines is 2. The monoisotopic (exact) mass is 336 g/mol. The maximum absolute atomic E-state index is 12.8. The summed E-state index contributed by atoms with van der Waals surface area (Å²) in [6.07, 6.45) is 1.49. The van der Waals surface area contributed by atoms with Gasteiger partial charge in [0.1, 0.15) is 12.1 Å². The van der Waals surface area contributed by atoms with Gasteiger partial charge in [0, 0.05) is 31.9 Å². The van der Waals surface area contributed by atoms with Gasteiger partial charge in [0.25, 0.3) is 0 Å². The fourth-order valence-electron chi connectivity index (χ4n) is 4.17. The van der Waals surface area contributed by atoms with E-state index in [4.69, 9.17) is 4.74 Å². The van der Waals surface area contributed by atoms with E-state index in [2.05, 4.69) is 48.3 Å². The zero-order valence-corrected chi connectivity index (χ0v) is 15.0. The van der Waals surface area contributed by atoms with Crippen LogP contribution in [0.5, 0.6) is 0 Å². The van der Waals surface area contributed by atoms with Crippen LogP contribution >= 0.6 is 0 Å². The number of carbonyl (C=O) groups is 1. The maximum Gasteiger partial charge on any atom is 0.329 e. The third kappa shape index (κ3) is 2.66. The number of benzene rings is 2. The Labute approximate surface area is 149 Å². The van der Waals surface area contributed by atoms with Crippen LogP contribution in [0.1, 0.15) is 18.1 Å². The molecule has 0 N–H and O–H groups in total. The van der Waals surface area contributed by atoms with Gasteiger partial charge >= 0.3 is 5.97 Å². The van der Waals surface area contributed by atoms with Crippen LogP contribution in [0.3, 0.4) is 0 Å². The quantitative estimate of drug-likeness (QED) is 0.807. The molecule has 0 aromatic heterocycles. The summed E-state index contributed by atoms with van der Waals surface area (Å²) in [5.74, 6) is -0.129. The largest absolute Gasteiger partial charge is 0.459 e. The lowest BCUT2D eigenvalue weighted by atomic mass is 10.1. The van der Waals surface area contributed by atoms with Gasteiger partial charge in [0.2, 0.25) is 0 Å². The Morgan fingerprint density at radius 2 is 1.52 bits per heavy atom. The second-order valence-corrected chi connectivity index (χ2v) is 7.11. The Morgan fingerprint density at radius 3 is 2.12 bits per heavy atom. The molecular weight excluding hydrogens is 312 g/mol. The molecule has 2 heterocycles. The van der Waals surface area contributed by atoms with Gasteiger partial charge in [0.05, 0.1) is 6.04 Å². The molecule has 0 fully saturated rings. The van der Waals surface area contributed by atoms with Crippen molar-refractivity contribution in [3.8, 4) is 0 Å². The van der Waals surface area contributed by atoms with Crippen molar-refractivity contribution >= 4 is 17.3 Å². The Morgan fingerprint density at radius 1 is 0.960 bits per heavy atom. The number of nitrogens with zero attached hydrogens (tertiary/aromatic N) is 2. The van der Waals surface area contributed by atoms with Crippen molar-refractivity contribution in [2.24, 2.45) is 0 Å². The normalized spacial score (nSPS) is 22.5. The topological polar surface area (TPSA) is 32.8 Å². The van der Waals surface area contributed by atoms with Crippen LogP contribution in [0.15, 0.2) is 48.5 Å². The van der Waals surface area contributed by atoms with Gasteiger partial charge in [-0.3, -0.25) is 0 Å². The van der Waals surface area contributed by atoms with E-state index in [0.29, 0.717) is 0 Å². The molecule has 3 atom stereocenters. The molecule has 0 saturated carbocycles. The molecule has 0 saturated heterocycles. The summed E-state index contributed by atoms with van der Waals surface area (Å²) >= 11 is 0. The molecule has 130 valence electrons. The number of rotatable bonds is 3. The van der Waals surface area contributed by atoms with E-state index in [0.717, 1.165) is 18.5 Å². The number of carbonyl (C=O) groups excluding carboxylic acids is 1. The van der Waals surface area contributed by atoms with Crippen LogP contribution in [0.4, 0.5) is 11.4 Å². The molecule has 2 aromatic carbocycles.